The Kier molecular flexibility index (Phi) is 9.12. The maximum absolute atomic E-state index is 13.1. The molecule has 0 saturated carbocycles. The Labute approximate surface area is 202 Å². The van der Waals surface area contributed by atoms with Gasteiger partial charge in [0.05, 0.1) is 19.8 Å². The van der Waals surface area contributed by atoms with E-state index in [2.05, 4.69) is 14.8 Å². The molecule has 0 aliphatic carbocycles. The van der Waals surface area contributed by atoms with Gasteiger partial charge in [-0.2, -0.15) is 0 Å². The molecule has 8 nitrogen and oxygen atoms in total. The summed E-state index contributed by atoms with van der Waals surface area (Å²) in [6.07, 6.45) is 5.94. The lowest BCUT2D eigenvalue weighted by atomic mass is 10.1. The fraction of sp³-hybridized carbons (Fsp3) is 0.538. The van der Waals surface area contributed by atoms with Crippen molar-refractivity contribution in [3.05, 3.63) is 48.2 Å². The number of nitrogens with zero attached hydrogens (tertiary/aromatic N) is 4. The SMILES string of the molecule is O=C(CN1CCCCCCOc2ccccc2Oc2ncccc2C1)N1CCN(CCO)CC1. The number of fused-ring (bicyclic) bond motifs is 2. The van der Waals surface area contributed by atoms with E-state index >= 15 is 0 Å². The second-order valence-electron chi connectivity index (χ2n) is 8.94. The number of rotatable bonds is 4. The minimum atomic E-state index is 0.161. The van der Waals surface area contributed by atoms with Gasteiger partial charge >= 0.3 is 0 Å². The number of para-hydroxylation sites is 2. The molecule has 1 fully saturated rings. The van der Waals surface area contributed by atoms with E-state index in [1.165, 1.54) is 0 Å². The molecule has 0 atom stereocenters. The molecule has 0 unspecified atom stereocenters. The van der Waals surface area contributed by atoms with Crippen LogP contribution in [0.1, 0.15) is 31.2 Å². The summed E-state index contributed by atoms with van der Waals surface area (Å²) in [7, 11) is 0. The van der Waals surface area contributed by atoms with Gasteiger partial charge in [0.25, 0.3) is 0 Å². The molecule has 2 aliphatic rings. The number of piperazine rings is 1. The lowest BCUT2D eigenvalue weighted by Gasteiger charge is -2.35. The molecule has 1 amide bonds. The normalized spacial score (nSPS) is 18.7. The molecule has 2 aliphatic heterocycles. The van der Waals surface area contributed by atoms with E-state index in [-0.39, 0.29) is 12.5 Å². The number of ether oxygens (including phenoxy) is 2. The number of β-amino-alcohol motifs (C(OH)–C–C–N with tert-alkyl or cyclic N) is 1. The van der Waals surface area contributed by atoms with Gasteiger partial charge in [0.15, 0.2) is 11.5 Å². The highest BCUT2D eigenvalue weighted by Crippen LogP contribution is 2.32. The number of pyridine rings is 1. The van der Waals surface area contributed by atoms with Crippen molar-refractivity contribution in [3.63, 3.8) is 0 Å². The van der Waals surface area contributed by atoms with Gasteiger partial charge in [0.1, 0.15) is 0 Å². The first-order valence-corrected chi connectivity index (χ1v) is 12.4. The van der Waals surface area contributed by atoms with Crippen LogP contribution >= 0.6 is 0 Å². The number of benzene rings is 1. The van der Waals surface area contributed by atoms with Gasteiger partial charge in [-0.1, -0.05) is 31.0 Å². The van der Waals surface area contributed by atoms with Crippen molar-refractivity contribution in [1.29, 1.82) is 0 Å². The molecule has 1 aromatic heterocycles. The summed E-state index contributed by atoms with van der Waals surface area (Å²) < 4.78 is 12.2. The Morgan fingerprint density at radius 3 is 2.53 bits per heavy atom. The second kappa shape index (κ2) is 12.7. The van der Waals surface area contributed by atoms with Crippen LogP contribution in [-0.4, -0.2) is 89.7 Å². The molecule has 1 saturated heterocycles. The summed E-state index contributed by atoms with van der Waals surface area (Å²) in [5.74, 6) is 2.09. The Bertz CT molecular complexity index is 917. The molecule has 1 N–H and O–H groups in total. The highest BCUT2D eigenvalue weighted by Gasteiger charge is 2.23. The third kappa shape index (κ3) is 6.91. The molecular formula is C26H36N4O4. The minimum Gasteiger partial charge on any atom is -0.490 e. The van der Waals surface area contributed by atoms with Gasteiger partial charge in [-0.25, -0.2) is 4.98 Å². The molecule has 184 valence electrons. The monoisotopic (exact) mass is 468 g/mol. The average Bonchev–Trinajstić information content (AvgIpc) is 2.85. The molecular weight excluding hydrogens is 432 g/mol. The Morgan fingerprint density at radius 1 is 0.912 bits per heavy atom. The lowest BCUT2D eigenvalue weighted by molar-refractivity contribution is -0.134. The van der Waals surface area contributed by atoms with Crippen molar-refractivity contribution in [2.75, 3.05) is 59.0 Å². The van der Waals surface area contributed by atoms with Gasteiger partial charge < -0.3 is 19.5 Å². The van der Waals surface area contributed by atoms with Gasteiger partial charge in [0, 0.05) is 51.0 Å². The molecule has 0 bridgehead atoms. The predicted octanol–water partition coefficient (Wildman–Crippen LogP) is 2.77. The van der Waals surface area contributed by atoms with Gasteiger partial charge in [0.2, 0.25) is 11.8 Å². The topological polar surface area (TPSA) is 78.4 Å². The highest BCUT2D eigenvalue weighted by molar-refractivity contribution is 5.78. The molecule has 3 heterocycles. The summed E-state index contributed by atoms with van der Waals surface area (Å²) >= 11 is 0. The third-order valence-corrected chi connectivity index (χ3v) is 6.43. The van der Waals surface area contributed by atoms with E-state index in [4.69, 9.17) is 14.6 Å². The molecule has 0 spiro atoms. The second-order valence-corrected chi connectivity index (χ2v) is 8.94. The number of carbonyl (C=O) groups is 1. The number of amides is 1. The van der Waals surface area contributed by atoms with Crippen molar-refractivity contribution >= 4 is 5.91 Å². The number of aliphatic hydroxyl groups excluding tert-OH is 1. The van der Waals surface area contributed by atoms with Gasteiger partial charge in [-0.3, -0.25) is 14.6 Å². The first-order valence-electron chi connectivity index (χ1n) is 12.4. The zero-order chi connectivity index (χ0) is 23.6. The highest BCUT2D eigenvalue weighted by atomic mass is 16.5. The molecule has 4 rings (SSSR count). The molecule has 2 aromatic rings. The average molecular weight is 469 g/mol. The number of aromatic nitrogens is 1. The lowest BCUT2D eigenvalue weighted by Crippen LogP contribution is -2.51. The number of aliphatic hydroxyl groups is 1. The van der Waals surface area contributed by atoms with Gasteiger partial charge in [-0.15, -0.1) is 0 Å². The van der Waals surface area contributed by atoms with Crippen LogP contribution in [-0.2, 0) is 11.3 Å². The molecule has 34 heavy (non-hydrogen) atoms. The summed E-state index contributed by atoms with van der Waals surface area (Å²) in [5.41, 5.74) is 0.954. The molecule has 8 heteroatoms. The zero-order valence-corrected chi connectivity index (χ0v) is 19.9. The smallest absolute Gasteiger partial charge is 0.236 e. The standard InChI is InChI=1S/C26H36N4O4/c31-18-17-28-13-15-30(16-14-28)25(32)21-29-12-5-1-2-6-19-33-23-9-3-4-10-24(23)34-26-22(20-29)8-7-11-27-26/h3-4,7-11,31H,1-2,5-6,12-21H2. The van der Waals surface area contributed by atoms with Crippen LogP contribution in [0.25, 0.3) is 0 Å². The quantitative estimate of drug-likeness (QED) is 0.739. The first-order chi connectivity index (χ1) is 16.7. The van der Waals surface area contributed by atoms with Crippen LogP contribution in [0.4, 0.5) is 0 Å². The largest absolute Gasteiger partial charge is 0.490 e. The van der Waals surface area contributed by atoms with E-state index in [0.29, 0.717) is 51.0 Å². The summed E-state index contributed by atoms with van der Waals surface area (Å²) in [4.78, 5) is 24.0. The van der Waals surface area contributed by atoms with E-state index in [1.54, 1.807) is 6.20 Å². The van der Waals surface area contributed by atoms with E-state index in [1.807, 2.05) is 41.3 Å². The number of carbonyl (C=O) groups excluding carboxylic acids is 1. The van der Waals surface area contributed by atoms with Gasteiger partial charge in [-0.05, 0) is 37.6 Å². The Balaban J connectivity index is 1.47. The zero-order valence-electron chi connectivity index (χ0n) is 19.9. The Morgan fingerprint density at radius 2 is 1.71 bits per heavy atom. The maximum Gasteiger partial charge on any atom is 0.236 e. The molecule has 1 aromatic carbocycles. The first kappa shape index (κ1) is 24.4. The van der Waals surface area contributed by atoms with Crippen LogP contribution in [0.15, 0.2) is 42.6 Å². The summed E-state index contributed by atoms with van der Waals surface area (Å²) in [5, 5.41) is 9.16. The number of hydrogen-bond donors (Lipinski definition) is 1. The van der Waals surface area contributed by atoms with E-state index < -0.39 is 0 Å². The van der Waals surface area contributed by atoms with Crippen LogP contribution in [0, 0.1) is 0 Å². The van der Waals surface area contributed by atoms with Crippen LogP contribution in [0.5, 0.6) is 17.4 Å². The Hall–Kier alpha value is -2.68. The number of hydrogen-bond acceptors (Lipinski definition) is 7. The molecule has 0 radical (unpaired) electrons. The van der Waals surface area contributed by atoms with Crippen molar-refractivity contribution in [2.24, 2.45) is 0 Å². The van der Waals surface area contributed by atoms with Crippen LogP contribution in [0.2, 0.25) is 0 Å². The van der Waals surface area contributed by atoms with E-state index in [9.17, 15) is 4.79 Å². The maximum atomic E-state index is 13.1. The fourth-order valence-electron chi connectivity index (χ4n) is 4.48. The van der Waals surface area contributed by atoms with Crippen molar-refractivity contribution in [3.8, 4) is 17.4 Å². The van der Waals surface area contributed by atoms with Crippen LogP contribution in [0.3, 0.4) is 0 Å². The van der Waals surface area contributed by atoms with Crippen molar-refractivity contribution in [1.82, 2.24) is 19.7 Å². The van der Waals surface area contributed by atoms with Crippen molar-refractivity contribution in [2.45, 2.75) is 32.2 Å². The summed E-state index contributed by atoms with van der Waals surface area (Å²) in [6, 6.07) is 11.6. The van der Waals surface area contributed by atoms with Crippen molar-refractivity contribution < 1.29 is 19.4 Å². The summed E-state index contributed by atoms with van der Waals surface area (Å²) in [6.45, 7) is 6.37. The minimum absolute atomic E-state index is 0.161. The third-order valence-electron chi connectivity index (χ3n) is 6.43. The van der Waals surface area contributed by atoms with Crippen LogP contribution < -0.4 is 9.47 Å². The predicted molar refractivity (Wildman–Crippen MR) is 130 cm³/mol. The van der Waals surface area contributed by atoms with E-state index in [0.717, 1.165) is 56.6 Å². The fourth-order valence-corrected chi connectivity index (χ4v) is 4.48.